The molecule has 2 N–H and O–H groups in total. The maximum Gasteiger partial charge on any atom is 0.222 e. The minimum Gasteiger partial charge on any atom is -0.378 e. The zero-order valence-corrected chi connectivity index (χ0v) is 12.1. The summed E-state index contributed by atoms with van der Waals surface area (Å²) in [4.78, 5) is 14.3. The standard InChI is InChI=1S/C15H28N2O2/c1-2-19-14-7-9-17(10-8-14)15(18)11-12-3-5-13(16)6-4-12/h12-14H,2-11,16H2,1H3. The van der Waals surface area contributed by atoms with E-state index in [0.717, 1.165) is 64.6 Å². The second kappa shape index (κ2) is 7.25. The second-order valence-corrected chi connectivity index (χ2v) is 6.02. The highest BCUT2D eigenvalue weighted by atomic mass is 16.5. The van der Waals surface area contributed by atoms with Gasteiger partial charge in [-0.3, -0.25) is 4.79 Å². The third-order valence-corrected chi connectivity index (χ3v) is 4.55. The first-order chi connectivity index (χ1) is 9.19. The molecule has 0 bridgehead atoms. The van der Waals surface area contributed by atoms with Crippen molar-refractivity contribution in [2.45, 2.75) is 64.0 Å². The van der Waals surface area contributed by atoms with Crippen molar-refractivity contribution in [2.75, 3.05) is 19.7 Å². The number of carbonyl (C=O) groups is 1. The number of ether oxygens (including phenoxy) is 1. The van der Waals surface area contributed by atoms with Crippen LogP contribution in [0.1, 0.15) is 51.9 Å². The molecule has 1 saturated carbocycles. The van der Waals surface area contributed by atoms with Crippen LogP contribution in [0.5, 0.6) is 0 Å². The number of nitrogens with zero attached hydrogens (tertiary/aromatic N) is 1. The summed E-state index contributed by atoms with van der Waals surface area (Å²) in [7, 11) is 0. The van der Waals surface area contributed by atoms with E-state index in [1.807, 2.05) is 11.8 Å². The normalized spacial score (nSPS) is 29.5. The summed E-state index contributed by atoms with van der Waals surface area (Å²) in [6, 6.07) is 0.369. The smallest absolute Gasteiger partial charge is 0.222 e. The highest BCUT2D eigenvalue weighted by Crippen LogP contribution is 2.27. The number of likely N-dealkylation sites (tertiary alicyclic amines) is 1. The predicted octanol–water partition coefficient (Wildman–Crippen LogP) is 1.92. The van der Waals surface area contributed by atoms with Gasteiger partial charge < -0.3 is 15.4 Å². The largest absolute Gasteiger partial charge is 0.378 e. The number of hydrogen-bond donors (Lipinski definition) is 1. The van der Waals surface area contributed by atoms with Crippen LogP contribution in [0.25, 0.3) is 0 Å². The first-order valence-corrected chi connectivity index (χ1v) is 7.84. The Kier molecular flexibility index (Phi) is 5.64. The molecule has 0 aromatic carbocycles. The van der Waals surface area contributed by atoms with Crippen molar-refractivity contribution >= 4 is 5.91 Å². The predicted molar refractivity (Wildman–Crippen MR) is 75.8 cm³/mol. The lowest BCUT2D eigenvalue weighted by molar-refractivity contribution is -0.135. The summed E-state index contributed by atoms with van der Waals surface area (Å²) in [6.45, 7) is 4.55. The quantitative estimate of drug-likeness (QED) is 0.847. The number of hydrogen-bond acceptors (Lipinski definition) is 3. The first-order valence-electron chi connectivity index (χ1n) is 7.84. The van der Waals surface area contributed by atoms with Crippen LogP contribution in [0.3, 0.4) is 0 Å². The average molecular weight is 268 g/mol. The molecule has 1 saturated heterocycles. The van der Waals surface area contributed by atoms with Gasteiger partial charge in [0, 0.05) is 32.2 Å². The molecular formula is C15H28N2O2. The lowest BCUT2D eigenvalue weighted by atomic mass is 9.84. The first kappa shape index (κ1) is 14.8. The molecule has 2 rings (SSSR count). The fourth-order valence-electron chi connectivity index (χ4n) is 3.28. The van der Waals surface area contributed by atoms with Gasteiger partial charge in [0.1, 0.15) is 0 Å². The van der Waals surface area contributed by atoms with Gasteiger partial charge in [-0.25, -0.2) is 0 Å². The molecular weight excluding hydrogens is 240 g/mol. The molecule has 1 aliphatic carbocycles. The lowest BCUT2D eigenvalue weighted by Gasteiger charge is -2.33. The Hall–Kier alpha value is -0.610. The Labute approximate surface area is 116 Å². The molecule has 0 aromatic heterocycles. The molecule has 2 aliphatic rings. The van der Waals surface area contributed by atoms with Gasteiger partial charge in [-0.1, -0.05) is 0 Å². The topological polar surface area (TPSA) is 55.6 Å². The molecule has 0 unspecified atom stereocenters. The van der Waals surface area contributed by atoms with Crippen LogP contribution in [-0.2, 0) is 9.53 Å². The van der Waals surface area contributed by atoms with Gasteiger partial charge in [-0.15, -0.1) is 0 Å². The minimum absolute atomic E-state index is 0.343. The van der Waals surface area contributed by atoms with Gasteiger partial charge in [-0.05, 0) is 51.4 Å². The highest BCUT2D eigenvalue weighted by Gasteiger charge is 2.26. The number of carbonyl (C=O) groups excluding carboxylic acids is 1. The van der Waals surface area contributed by atoms with Gasteiger partial charge in [0.25, 0.3) is 0 Å². The third kappa shape index (κ3) is 4.46. The van der Waals surface area contributed by atoms with Crippen LogP contribution in [0.15, 0.2) is 0 Å². The lowest BCUT2D eigenvalue weighted by Crippen LogP contribution is -2.41. The molecule has 110 valence electrons. The molecule has 0 aromatic rings. The Morgan fingerprint density at radius 2 is 1.79 bits per heavy atom. The molecule has 1 amide bonds. The highest BCUT2D eigenvalue weighted by molar-refractivity contribution is 5.76. The second-order valence-electron chi connectivity index (χ2n) is 6.02. The molecule has 0 atom stereocenters. The van der Waals surface area contributed by atoms with Crippen molar-refractivity contribution in [1.29, 1.82) is 0 Å². The third-order valence-electron chi connectivity index (χ3n) is 4.55. The van der Waals surface area contributed by atoms with E-state index < -0.39 is 0 Å². The van der Waals surface area contributed by atoms with Crippen molar-refractivity contribution in [2.24, 2.45) is 11.7 Å². The van der Waals surface area contributed by atoms with E-state index in [2.05, 4.69) is 0 Å². The summed E-state index contributed by atoms with van der Waals surface area (Å²) in [5.74, 6) is 0.910. The van der Waals surface area contributed by atoms with Gasteiger partial charge in [0.2, 0.25) is 5.91 Å². The van der Waals surface area contributed by atoms with E-state index in [9.17, 15) is 4.79 Å². The maximum absolute atomic E-state index is 12.3. The van der Waals surface area contributed by atoms with Crippen LogP contribution < -0.4 is 5.73 Å². The molecule has 1 aliphatic heterocycles. The van der Waals surface area contributed by atoms with Gasteiger partial charge in [0.15, 0.2) is 0 Å². The minimum atomic E-state index is 0.343. The fraction of sp³-hybridized carbons (Fsp3) is 0.933. The van der Waals surface area contributed by atoms with Crippen molar-refractivity contribution in [3.05, 3.63) is 0 Å². The zero-order valence-electron chi connectivity index (χ0n) is 12.1. The Balaban J connectivity index is 1.69. The van der Waals surface area contributed by atoms with Gasteiger partial charge in [0.05, 0.1) is 6.10 Å². The van der Waals surface area contributed by atoms with Crippen LogP contribution in [0.4, 0.5) is 0 Å². The zero-order chi connectivity index (χ0) is 13.7. The van der Waals surface area contributed by atoms with Crippen LogP contribution in [0, 0.1) is 5.92 Å². The van der Waals surface area contributed by atoms with Crippen LogP contribution >= 0.6 is 0 Å². The Morgan fingerprint density at radius 3 is 2.37 bits per heavy atom. The average Bonchev–Trinajstić information content (AvgIpc) is 2.42. The van der Waals surface area contributed by atoms with Gasteiger partial charge in [-0.2, -0.15) is 0 Å². The number of piperidine rings is 1. The van der Waals surface area contributed by atoms with Crippen LogP contribution in [0.2, 0.25) is 0 Å². The number of amides is 1. The monoisotopic (exact) mass is 268 g/mol. The van der Waals surface area contributed by atoms with Crippen molar-refractivity contribution in [3.63, 3.8) is 0 Å². The van der Waals surface area contributed by atoms with E-state index in [0.29, 0.717) is 24.0 Å². The SMILES string of the molecule is CCOC1CCN(C(=O)CC2CCC(N)CC2)CC1. The van der Waals surface area contributed by atoms with Crippen molar-refractivity contribution in [3.8, 4) is 0 Å². The molecule has 1 heterocycles. The molecule has 19 heavy (non-hydrogen) atoms. The van der Waals surface area contributed by atoms with Crippen molar-refractivity contribution < 1.29 is 9.53 Å². The van der Waals surface area contributed by atoms with E-state index in [-0.39, 0.29) is 0 Å². The van der Waals surface area contributed by atoms with E-state index in [4.69, 9.17) is 10.5 Å². The van der Waals surface area contributed by atoms with Crippen LogP contribution in [-0.4, -0.2) is 42.6 Å². The fourth-order valence-corrected chi connectivity index (χ4v) is 3.28. The molecule has 4 heteroatoms. The van der Waals surface area contributed by atoms with Gasteiger partial charge >= 0.3 is 0 Å². The number of rotatable bonds is 4. The van der Waals surface area contributed by atoms with E-state index >= 15 is 0 Å². The number of nitrogens with two attached hydrogens (primary N) is 1. The van der Waals surface area contributed by atoms with Crippen molar-refractivity contribution in [1.82, 2.24) is 4.90 Å². The summed E-state index contributed by atoms with van der Waals surface area (Å²) in [5, 5.41) is 0. The summed E-state index contributed by atoms with van der Waals surface area (Å²) in [5.41, 5.74) is 5.91. The Morgan fingerprint density at radius 1 is 1.16 bits per heavy atom. The van der Waals surface area contributed by atoms with E-state index in [1.54, 1.807) is 0 Å². The van der Waals surface area contributed by atoms with E-state index in [1.165, 1.54) is 0 Å². The Bertz CT molecular complexity index is 280. The maximum atomic E-state index is 12.3. The summed E-state index contributed by atoms with van der Waals surface area (Å²) in [6.07, 6.45) is 7.51. The summed E-state index contributed by atoms with van der Waals surface area (Å²) < 4.78 is 5.62. The summed E-state index contributed by atoms with van der Waals surface area (Å²) >= 11 is 0. The molecule has 0 radical (unpaired) electrons. The molecule has 4 nitrogen and oxygen atoms in total. The molecule has 2 fully saturated rings. The molecule has 0 spiro atoms.